The number of hydrogen-bond acceptors (Lipinski definition) is 2. The van der Waals surface area contributed by atoms with E-state index in [9.17, 15) is 9.18 Å². The molecule has 2 aliphatic rings. The van der Waals surface area contributed by atoms with Crippen molar-refractivity contribution in [3.63, 3.8) is 0 Å². The summed E-state index contributed by atoms with van der Waals surface area (Å²) in [5.41, 5.74) is 1.01. The van der Waals surface area contributed by atoms with Crippen molar-refractivity contribution in [1.82, 2.24) is 15.1 Å². The van der Waals surface area contributed by atoms with E-state index < -0.39 is 0 Å². The van der Waals surface area contributed by atoms with Crippen LogP contribution in [0.3, 0.4) is 0 Å². The molecule has 0 radical (unpaired) electrons. The minimum atomic E-state index is -0.251. The van der Waals surface area contributed by atoms with Crippen molar-refractivity contribution in [3.8, 4) is 0 Å². The van der Waals surface area contributed by atoms with Crippen LogP contribution >= 0.6 is 12.2 Å². The minimum Gasteiger partial charge on any atom is -0.363 e. The first kappa shape index (κ1) is 17.1. The Balaban J connectivity index is 1.82. The Bertz CT molecular complexity index is 601. The Morgan fingerprint density at radius 3 is 2.50 bits per heavy atom. The van der Waals surface area contributed by atoms with E-state index in [4.69, 9.17) is 12.2 Å². The molecule has 130 valence electrons. The van der Waals surface area contributed by atoms with Crippen LogP contribution in [-0.2, 0) is 4.79 Å². The van der Waals surface area contributed by atoms with E-state index in [0.29, 0.717) is 18.2 Å². The average Bonchev–Trinajstić information content (AvgIpc) is 3.25. The molecular formula is C18H24FN3OS. The number of nitrogens with one attached hydrogen (secondary N) is 1. The van der Waals surface area contributed by atoms with Crippen molar-refractivity contribution in [2.24, 2.45) is 5.92 Å². The van der Waals surface area contributed by atoms with Crippen molar-refractivity contribution in [2.45, 2.75) is 25.7 Å². The monoisotopic (exact) mass is 349 g/mol. The maximum Gasteiger partial charge on any atom is 0.228 e. The van der Waals surface area contributed by atoms with E-state index in [1.54, 1.807) is 12.1 Å². The summed E-state index contributed by atoms with van der Waals surface area (Å²) < 4.78 is 13.3. The molecule has 2 saturated heterocycles. The molecule has 2 aliphatic heterocycles. The molecule has 0 unspecified atom stereocenters. The molecule has 3 rings (SSSR count). The van der Waals surface area contributed by atoms with E-state index >= 15 is 0 Å². The Morgan fingerprint density at radius 1 is 1.21 bits per heavy atom. The second-order valence-corrected chi connectivity index (χ2v) is 6.92. The van der Waals surface area contributed by atoms with Crippen LogP contribution in [-0.4, -0.2) is 53.5 Å². The number of amides is 1. The van der Waals surface area contributed by atoms with Gasteiger partial charge in [-0.25, -0.2) is 4.39 Å². The van der Waals surface area contributed by atoms with Gasteiger partial charge in [-0.3, -0.25) is 4.79 Å². The summed E-state index contributed by atoms with van der Waals surface area (Å²) in [5.74, 6) is -0.108. The van der Waals surface area contributed by atoms with Crippen molar-refractivity contribution < 1.29 is 9.18 Å². The molecule has 2 heterocycles. The predicted octanol–water partition coefficient (Wildman–Crippen LogP) is 2.36. The highest BCUT2D eigenvalue weighted by molar-refractivity contribution is 7.80. The first-order chi connectivity index (χ1) is 11.6. The highest BCUT2D eigenvalue weighted by Crippen LogP contribution is 2.34. The van der Waals surface area contributed by atoms with Gasteiger partial charge in [-0.2, -0.15) is 0 Å². The van der Waals surface area contributed by atoms with Crippen LogP contribution in [0, 0.1) is 11.7 Å². The Morgan fingerprint density at radius 2 is 1.88 bits per heavy atom. The molecule has 1 aromatic rings. The van der Waals surface area contributed by atoms with Crippen molar-refractivity contribution in [2.75, 3.05) is 32.7 Å². The standard InChI is InChI=1S/C18H24FN3OS/c1-2-20-18(24)22-11-15(13-5-7-14(19)8-6-13)16(12-22)17(23)21-9-3-4-10-21/h5-8,15-16H,2-4,9-12H2,1H3,(H,20,24)/t15-,16+/m0/s1. The second-order valence-electron chi connectivity index (χ2n) is 6.54. The fraction of sp³-hybridized carbons (Fsp3) is 0.556. The number of hydrogen-bond donors (Lipinski definition) is 1. The van der Waals surface area contributed by atoms with Gasteiger partial charge in [0.15, 0.2) is 5.11 Å². The first-order valence-electron chi connectivity index (χ1n) is 8.67. The molecule has 2 fully saturated rings. The molecule has 1 aromatic carbocycles. The van der Waals surface area contributed by atoms with Crippen LogP contribution in [0.1, 0.15) is 31.2 Å². The van der Waals surface area contributed by atoms with E-state index in [0.717, 1.165) is 38.0 Å². The van der Waals surface area contributed by atoms with E-state index in [2.05, 4.69) is 10.2 Å². The zero-order valence-electron chi connectivity index (χ0n) is 14.0. The van der Waals surface area contributed by atoms with Gasteiger partial charge in [0.05, 0.1) is 5.92 Å². The maximum atomic E-state index is 13.3. The number of rotatable bonds is 3. The van der Waals surface area contributed by atoms with Crippen LogP contribution in [0.4, 0.5) is 4.39 Å². The number of benzene rings is 1. The van der Waals surface area contributed by atoms with Crippen molar-refractivity contribution in [3.05, 3.63) is 35.6 Å². The highest BCUT2D eigenvalue weighted by Gasteiger charge is 2.41. The molecule has 4 nitrogen and oxygen atoms in total. The summed E-state index contributed by atoms with van der Waals surface area (Å²) >= 11 is 5.44. The van der Waals surface area contributed by atoms with Crippen LogP contribution in [0.2, 0.25) is 0 Å². The van der Waals surface area contributed by atoms with E-state index in [-0.39, 0.29) is 23.6 Å². The third kappa shape index (κ3) is 3.53. The quantitative estimate of drug-likeness (QED) is 0.850. The Labute approximate surface area is 148 Å². The SMILES string of the molecule is CCNC(=S)N1C[C@@H](C(=O)N2CCCC2)[C@H](c2ccc(F)cc2)C1. The summed E-state index contributed by atoms with van der Waals surface area (Å²) in [6.45, 7) is 5.80. The fourth-order valence-electron chi connectivity index (χ4n) is 3.70. The molecule has 0 bridgehead atoms. The van der Waals surface area contributed by atoms with E-state index in [1.807, 2.05) is 11.8 Å². The first-order valence-corrected chi connectivity index (χ1v) is 9.08. The lowest BCUT2D eigenvalue weighted by molar-refractivity contribution is -0.134. The van der Waals surface area contributed by atoms with Gasteiger partial charge in [-0.1, -0.05) is 12.1 Å². The number of likely N-dealkylation sites (tertiary alicyclic amines) is 2. The third-order valence-corrected chi connectivity index (χ3v) is 5.37. The van der Waals surface area contributed by atoms with Gasteiger partial charge in [0.1, 0.15) is 5.82 Å². The van der Waals surface area contributed by atoms with Crippen LogP contribution in [0.15, 0.2) is 24.3 Å². The molecule has 2 atom stereocenters. The predicted molar refractivity (Wildman–Crippen MR) is 96.3 cm³/mol. The number of carbonyl (C=O) groups excluding carboxylic acids is 1. The van der Waals surface area contributed by atoms with Gasteiger partial charge in [0, 0.05) is 38.6 Å². The Kier molecular flexibility index (Phi) is 5.33. The lowest BCUT2D eigenvalue weighted by Crippen LogP contribution is -2.40. The molecule has 24 heavy (non-hydrogen) atoms. The summed E-state index contributed by atoms with van der Waals surface area (Å²) in [7, 11) is 0. The zero-order chi connectivity index (χ0) is 17.1. The molecule has 6 heteroatoms. The lowest BCUT2D eigenvalue weighted by Gasteiger charge is -2.24. The largest absolute Gasteiger partial charge is 0.363 e. The molecule has 1 amide bonds. The number of thiocarbonyl (C=S) groups is 1. The summed E-state index contributed by atoms with van der Waals surface area (Å²) in [5, 5.41) is 3.87. The highest BCUT2D eigenvalue weighted by atomic mass is 32.1. The van der Waals surface area contributed by atoms with E-state index in [1.165, 1.54) is 12.1 Å². The van der Waals surface area contributed by atoms with Gasteiger partial charge in [-0.05, 0) is 49.7 Å². The van der Waals surface area contributed by atoms with Gasteiger partial charge in [-0.15, -0.1) is 0 Å². The topological polar surface area (TPSA) is 35.6 Å². The molecule has 0 aliphatic carbocycles. The smallest absolute Gasteiger partial charge is 0.228 e. The van der Waals surface area contributed by atoms with Crippen molar-refractivity contribution in [1.29, 1.82) is 0 Å². The number of carbonyl (C=O) groups is 1. The zero-order valence-corrected chi connectivity index (χ0v) is 14.8. The normalized spacial score (nSPS) is 23.6. The molecule has 0 spiro atoms. The molecule has 1 N–H and O–H groups in total. The number of nitrogens with zero attached hydrogens (tertiary/aromatic N) is 2. The fourth-order valence-corrected chi connectivity index (χ4v) is 4.00. The third-order valence-electron chi connectivity index (χ3n) is 4.97. The van der Waals surface area contributed by atoms with Crippen LogP contribution in [0.25, 0.3) is 0 Å². The van der Waals surface area contributed by atoms with Crippen LogP contribution < -0.4 is 5.32 Å². The molecule has 0 aromatic heterocycles. The van der Waals surface area contributed by atoms with Gasteiger partial charge < -0.3 is 15.1 Å². The maximum absolute atomic E-state index is 13.3. The van der Waals surface area contributed by atoms with Gasteiger partial charge in [0.25, 0.3) is 0 Å². The summed E-state index contributed by atoms with van der Waals surface area (Å²) in [6, 6.07) is 6.53. The second kappa shape index (κ2) is 7.47. The van der Waals surface area contributed by atoms with Gasteiger partial charge in [0.2, 0.25) is 5.91 Å². The molecular weight excluding hydrogens is 325 g/mol. The Hall–Kier alpha value is -1.69. The van der Waals surface area contributed by atoms with Crippen molar-refractivity contribution >= 4 is 23.2 Å². The van der Waals surface area contributed by atoms with Gasteiger partial charge >= 0.3 is 0 Å². The molecule has 0 saturated carbocycles. The minimum absolute atomic E-state index is 0.0512. The average molecular weight is 349 g/mol. The summed E-state index contributed by atoms with van der Waals surface area (Å²) in [6.07, 6.45) is 2.17. The van der Waals surface area contributed by atoms with Crippen LogP contribution in [0.5, 0.6) is 0 Å². The lowest BCUT2D eigenvalue weighted by atomic mass is 9.88. The number of halogens is 1. The summed E-state index contributed by atoms with van der Waals surface area (Å²) in [4.78, 5) is 17.0.